The molecule has 1 aromatic heterocycles. The summed E-state index contributed by atoms with van der Waals surface area (Å²) in [6.07, 6.45) is 16.0. The van der Waals surface area contributed by atoms with Gasteiger partial charge in [-0.1, -0.05) is 37.8 Å². The minimum Gasteiger partial charge on any atom is -0.497 e. The lowest BCUT2D eigenvalue weighted by Gasteiger charge is -2.37. The molecule has 7 atom stereocenters. The van der Waals surface area contributed by atoms with E-state index in [9.17, 15) is 22.8 Å². The minimum atomic E-state index is -3.99. The molecular formula is C45H59N5O9S. The highest BCUT2D eigenvalue weighted by atomic mass is 32.2. The largest absolute Gasteiger partial charge is 0.497 e. The Balaban J connectivity index is 1.10. The van der Waals surface area contributed by atoms with E-state index < -0.39 is 67.7 Å². The Morgan fingerprint density at radius 1 is 0.967 bits per heavy atom. The molecule has 3 aliphatic carbocycles. The van der Waals surface area contributed by atoms with Crippen LogP contribution in [0.15, 0.2) is 30.4 Å². The second-order valence-electron chi connectivity index (χ2n) is 18.9. The van der Waals surface area contributed by atoms with Crippen molar-refractivity contribution in [1.29, 1.82) is 0 Å². The summed E-state index contributed by atoms with van der Waals surface area (Å²) in [5, 5.41) is 6.89. The van der Waals surface area contributed by atoms with Crippen molar-refractivity contribution in [3.05, 3.63) is 41.6 Å². The van der Waals surface area contributed by atoms with Gasteiger partial charge in [0.05, 0.1) is 29.6 Å². The van der Waals surface area contributed by atoms with E-state index >= 15 is 4.79 Å². The number of methoxy groups -OCH3 is 1. The summed E-state index contributed by atoms with van der Waals surface area (Å²) < 4.78 is 46.8. The molecule has 4 amide bonds. The topological polar surface area (TPSA) is 182 Å². The molecule has 15 heteroatoms. The van der Waals surface area contributed by atoms with E-state index in [2.05, 4.69) is 15.4 Å². The number of nitrogens with zero attached hydrogens (tertiary/aromatic N) is 2. The number of sulfonamides is 1. The molecule has 1 spiro atoms. The van der Waals surface area contributed by atoms with Gasteiger partial charge >= 0.3 is 6.09 Å². The molecule has 3 N–H and O–H groups in total. The van der Waals surface area contributed by atoms with Crippen molar-refractivity contribution in [2.24, 2.45) is 11.8 Å². The van der Waals surface area contributed by atoms with Crippen molar-refractivity contribution in [3.8, 4) is 11.5 Å². The SMILES string of the molecule is COc1ccc2nc3c4c(c2c1)CC[C@]1(C[C@H]2C(=O)N[C@]5(C(=O)NS(=O)(=O)C6(C)CC6)C[C@H]5/C=C/CCCCC[C@H](NC(=O)O[C@@H]5CCC[C@H]5CCCCC3)C(=O)N2C1)O4. The maximum Gasteiger partial charge on any atom is 0.408 e. The Kier molecular flexibility index (Phi) is 10.8. The van der Waals surface area contributed by atoms with Crippen molar-refractivity contribution in [2.45, 2.75) is 163 Å². The monoisotopic (exact) mass is 845 g/mol. The molecule has 4 fully saturated rings. The smallest absolute Gasteiger partial charge is 0.408 e. The van der Waals surface area contributed by atoms with Crippen LogP contribution in [0.3, 0.4) is 0 Å². The molecule has 4 aliphatic heterocycles. The lowest BCUT2D eigenvalue weighted by Crippen LogP contribution is -2.58. The van der Waals surface area contributed by atoms with E-state index in [0.717, 1.165) is 79.9 Å². The highest BCUT2D eigenvalue weighted by molar-refractivity contribution is 7.91. The standard InChI is InChI=1S/C45H59N5O9S/c1-43(22-23-43)60(55,56)49-41(53)45-25-29(45)14-8-4-3-5-9-16-35-40(52)50-27-44(26-36(50)39(51)48-45)21-20-31-32-24-30(57-2)18-19-33(32)46-34(38(31)59-44)15-10-6-7-12-28-13-11-17-37(28)58-42(54)47-35/h8,14,18-19,24,28-29,35-37H,3-7,9-13,15-17,20-23,25-27H2,1-2H3,(H,47,54)(H,48,51)(H,49,53)/b14-8+/t28-,29-,35+,36+,37-,44-,45-/m1/s1. The van der Waals surface area contributed by atoms with Crippen molar-refractivity contribution >= 4 is 44.7 Å². The van der Waals surface area contributed by atoms with Gasteiger partial charge in [-0.15, -0.1) is 0 Å². The quantitative estimate of drug-likeness (QED) is 0.324. The van der Waals surface area contributed by atoms with Gasteiger partial charge in [-0.25, -0.2) is 18.2 Å². The van der Waals surface area contributed by atoms with Gasteiger partial charge in [0.25, 0.3) is 5.91 Å². The van der Waals surface area contributed by atoms with Gasteiger partial charge in [0.1, 0.15) is 40.8 Å². The highest BCUT2D eigenvalue weighted by Crippen LogP contribution is 2.49. The third-order valence-electron chi connectivity index (χ3n) is 14.7. The second kappa shape index (κ2) is 15.8. The van der Waals surface area contributed by atoms with Crippen molar-refractivity contribution in [2.75, 3.05) is 13.7 Å². The zero-order chi connectivity index (χ0) is 41.9. The number of carbonyl (C=O) groups is 4. The number of ether oxygens (including phenoxy) is 3. The summed E-state index contributed by atoms with van der Waals surface area (Å²) in [5.41, 5.74) is 0.258. The number of pyridine rings is 1. The number of hydrogen-bond acceptors (Lipinski definition) is 10. The summed E-state index contributed by atoms with van der Waals surface area (Å²) >= 11 is 0. The normalized spacial score (nSPS) is 33.5. The predicted molar refractivity (Wildman–Crippen MR) is 223 cm³/mol. The van der Waals surface area contributed by atoms with Crippen LogP contribution in [0.5, 0.6) is 11.5 Å². The number of aryl methyl sites for hydroxylation is 2. The number of aromatic nitrogens is 1. The summed E-state index contributed by atoms with van der Waals surface area (Å²) in [6, 6.07) is 3.85. The second-order valence-corrected chi connectivity index (χ2v) is 21.1. The Labute approximate surface area is 352 Å². The Bertz CT molecular complexity index is 2210. The van der Waals surface area contributed by atoms with Crippen LogP contribution in [0.4, 0.5) is 4.79 Å². The van der Waals surface area contributed by atoms with E-state index in [4.69, 9.17) is 19.2 Å². The first-order valence-corrected chi connectivity index (χ1v) is 23.8. The maximum atomic E-state index is 15.0. The minimum absolute atomic E-state index is 0.0755. The fraction of sp³-hybridized carbons (Fsp3) is 0.667. The molecule has 0 unspecified atom stereocenters. The van der Waals surface area contributed by atoms with Crippen LogP contribution < -0.4 is 24.8 Å². The van der Waals surface area contributed by atoms with Crippen LogP contribution in [0, 0.1) is 11.8 Å². The van der Waals surface area contributed by atoms with Gasteiger partial charge in [0, 0.05) is 23.3 Å². The molecule has 0 radical (unpaired) electrons. The summed E-state index contributed by atoms with van der Waals surface area (Å²) in [5.74, 6) is -0.505. The van der Waals surface area contributed by atoms with E-state index in [0.29, 0.717) is 62.9 Å². The number of allylic oxidation sites excluding steroid dienone is 1. The summed E-state index contributed by atoms with van der Waals surface area (Å²) in [7, 11) is -2.35. The Hall–Kier alpha value is -4.40. The third-order valence-corrected chi connectivity index (χ3v) is 16.9. The molecule has 3 saturated carbocycles. The van der Waals surface area contributed by atoms with E-state index in [1.165, 1.54) is 4.90 Å². The molecule has 324 valence electrons. The van der Waals surface area contributed by atoms with Gasteiger partial charge in [-0.2, -0.15) is 0 Å². The molecule has 5 heterocycles. The van der Waals surface area contributed by atoms with Crippen LogP contribution in [0.25, 0.3) is 10.9 Å². The zero-order valence-electron chi connectivity index (χ0n) is 34.9. The first-order valence-electron chi connectivity index (χ1n) is 22.3. The van der Waals surface area contributed by atoms with Gasteiger partial charge in [-0.05, 0) is 121 Å². The number of nitrogens with one attached hydrogen (secondary N) is 3. The van der Waals surface area contributed by atoms with Crippen LogP contribution in [-0.2, 0) is 42.0 Å². The van der Waals surface area contributed by atoms with E-state index in [1.54, 1.807) is 14.0 Å². The molecular weight excluding hydrogens is 787 g/mol. The maximum absolute atomic E-state index is 15.0. The van der Waals surface area contributed by atoms with Crippen LogP contribution >= 0.6 is 0 Å². The fourth-order valence-corrected chi connectivity index (χ4v) is 11.9. The fourth-order valence-electron chi connectivity index (χ4n) is 10.6. The van der Waals surface area contributed by atoms with Crippen LogP contribution in [0.1, 0.15) is 127 Å². The highest BCUT2D eigenvalue weighted by Gasteiger charge is 2.64. The van der Waals surface area contributed by atoms with Gasteiger partial charge in [-0.3, -0.25) is 19.1 Å². The average Bonchev–Trinajstić information content (AvgIpc) is 4.05. The van der Waals surface area contributed by atoms with Gasteiger partial charge in [0.2, 0.25) is 21.8 Å². The Morgan fingerprint density at radius 3 is 2.58 bits per heavy atom. The van der Waals surface area contributed by atoms with Crippen LogP contribution in [-0.4, -0.2) is 89.8 Å². The molecule has 2 aromatic rings. The number of amides is 4. The zero-order valence-corrected chi connectivity index (χ0v) is 35.7. The molecule has 1 aromatic carbocycles. The molecule has 9 rings (SSSR count). The third kappa shape index (κ3) is 7.72. The van der Waals surface area contributed by atoms with E-state index in [1.807, 2.05) is 30.4 Å². The number of rotatable bonds is 4. The Morgan fingerprint density at radius 2 is 1.77 bits per heavy atom. The summed E-state index contributed by atoms with van der Waals surface area (Å²) in [6.45, 7) is 1.69. The van der Waals surface area contributed by atoms with Gasteiger partial charge in [0.15, 0.2) is 0 Å². The van der Waals surface area contributed by atoms with Crippen molar-refractivity contribution < 1.29 is 41.8 Å². The molecule has 1 saturated heterocycles. The first kappa shape index (κ1) is 41.0. The lowest BCUT2D eigenvalue weighted by molar-refractivity contribution is -0.141. The lowest BCUT2D eigenvalue weighted by atomic mass is 9.86. The molecule has 7 aliphatic rings. The number of hydrogen-bond donors (Lipinski definition) is 3. The van der Waals surface area contributed by atoms with Crippen LogP contribution in [0.2, 0.25) is 0 Å². The first-order chi connectivity index (χ1) is 28.8. The number of benzene rings is 1. The molecule has 4 bridgehead atoms. The summed E-state index contributed by atoms with van der Waals surface area (Å²) in [4.78, 5) is 64.4. The number of alkyl carbamates (subject to hydrolysis) is 1. The molecule has 60 heavy (non-hydrogen) atoms. The van der Waals surface area contributed by atoms with E-state index in [-0.39, 0.29) is 31.4 Å². The molecule has 14 nitrogen and oxygen atoms in total. The van der Waals surface area contributed by atoms with Gasteiger partial charge < -0.3 is 29.7 Å². The van der Waals surface area contributed by atoms with Crippen molar-refractivity contribution in [3.63, 3.8) is 0 Å². The number of carbonyl (C=O) groups excluding carboxylic acids is 4. The van der Waals surface area contributed by atoms with Crippen molar-refractivity contribution in [1.82, 2.24) is 25.2 Å². The average molecular weight is 846 g/mol. The number of fused-ring (bicyclic) bond motifs is 5. The predicted octanol–water partition coefficient (Wildman–Crippen LogP) is 5.68.